The van der Waals surface area contributed by atoms with Gasteiger partial charge in [-0.25, -0.2) is 0 Å². The Bertz CT molecular complexity index is 618. The van der Waals surface area contributed by atoms with Gasteiger partial charge in [-0.1, -0.05) is 6.07 Å². The number of nitriles is 1. The van der Waals surface area contributed by atoms with Gasteiger partial charge in [0.1, 0.15) is 24.2 Å². The molecular formula is C15H15N3O2. The first-order valence-electron chi connectivity index (χ1n) is 6.11. The lowest BCUT2D eigenvalue weighted by molar-refractivity contribution is 0.304. The molecule has 0 saturated heterocycles. The first-order valence-corrected chi connectivity index (χ1v) is 6.11. The van der Waals surface area contributed by atoms with Crippen molar-refractivity contribution in [2.75, 3.05) is 7.11 Å². The van der Waals surface area contributed by atoms with Crippen molar-refractivity contribution < 1.29 is 9.47 Å². The Balaban J connectivity index is 2.05. The average molecular weight is 269 g/mol. The van der Waals surface area contributed by atoms with Gasteiger partial charge in [0.2, 0.25) is 0 Å². The Morgan fingerprint density at radius 3 is 2.75 bits per heavy atom. The molecule has 0 fully saturated rings. The summed E-state index contributed by atoms with van der Waals surface area (Å²) in [6, 6.07) is 11.1. The Hall–Kier alpha value is -2.58. The second-order valence-corrected chi connectivity index (χ2v) is 4.12. The van der Waals surface area contributed by atoms with Gasteiger partial charge in [0.15, 0.2) is 0 Å². The van der Waals surface area contributed by atoms with Crippen LogP contribution in [0.15, 0.2) is 36.5 Å². The molecule has 1 heterocycles. The fourth-order valence-corrected chi connectivity index (χ4v) is 1.70. The number of hydrogen-bond donors (Lipinski definition) is 1. The lowest BCUT2D eigenvalue weighted by Gasteiger charge is -2.08. The van der Waals surface area contributed by atoms with E-state index in [1.165, 1.54) is 7.11 Å². The summed E-state index contributed by atoms with van der Waals surface area (Å²) in [5.41, 5.74) is 7.72. The van der Waals surface area contributed by atoms with Crippen molar-refractivity contribution in [2.45, 2.75) is 13.2 Å². The number of ether oxygens (including phenoxy) is 2. The van der Waals surface area contributed by atoms with Crippen molar-refractivity contribution in [1.29, 1.82) is 5.26 Å². The monoisotopic (exact) mass is 269 g/mol. The number of nitrogens with two attached hydrogens (primary N) is 1. The zero-order valence-electron chi connectivity index (χ0n) is 11.2. The predicted molar refractivity (Wildman–Crippen MR) is 74.2 cm³/mol. The molecule has 20 heavy (non-hydrogen) atoms. The van der Waals surface area contributed by atoms with E-state index in [0.29, 0.717) is 30.2 Å². The third-order valence-corrected chi connectivity index (χ3v) is 2.80. The van der Waals surface area contributed by atoms with E-state index in [2.05, 4.69) is 11.1 Å². The minimum Gasteiger partial charge on any atom is -0.495 e. The molecule has 1 aromatic carbocycles. The Labute approximate surface area is 117 Å². The van der Waals surface area contributed by atoms with Gasteiger partial charge in [0, 0.05) is 6.54 Å². The number of pyridine rings is 1. The minimum atomic E-state index is 0.381. The maximum Gasteiger partial charge on any atom is 0.138 e. The number of benzene rings is 1. The lowest BCUT2D eigenvalue weighted by Crippen LogP contribution is -2.01. The molecule has 2 aromatic rings. The van der Waals surface area contributed by atoms with E-state index in [1.807, 2.05) is 18.2 Å². The molecule has 0 radical (unpaired) electrons. The van der Waals surface area contributed by atoms with Crippen molar-refractivity contribution in [3.05, 3.63) is 53.3 Å². The molecular weight excluding hydrogens is 254 g/mol. The van der Waals surface area contributed by atoms with Crippen LogP contribution in [0.4, 0.5) is 0 Å². The highest BCUT2D eigenvalue weighted by atomic mass is 16.5. The van der Waals surface area contributed by atoms with Gasteiger partial charge in [0.05, 0.1) is 24.6 Å². The Kier molecular flexibility index (Phi) is 4.53. The highest BCUT2D eigenvalue weighted by Gasteiger charge is 2.04. The smallest absolute Gasteiger partial charge is 0.138 e. The van der Waals surface area contributed by atoms with Crippen molar-refractivity contribution in [3.63, 3.8) is 0 Å². The summed E-state index contributed by atoms with van der Waals surface area (Å²) in [5.74, 6) is 1.22. The minimum absolute atomic E-state index is 0.381. The molecule has 2 N–H and O–H groups in total. The molecule has 1 aromatic heterocycles. The van der Waals surface area contributed by atoms with Gasteiger partial charge in [-0.2, -0.15) is 5.26 Å². The third-order valence-electron chi connectivity index (χ3n) is 2.80. The van der Waals surface area contributed by atoms with Crippen molar-refractivity contribution >= 4 is 0 Å². The molecule has 102 valence electrons. The molecule has 0 atom stereocenters. The highest BCUT2D eigenvalue weighted by Crippen LogP contribution is 2.20. The van der Waals surface area contributed by atoms with Crippen LogP contribution >= 0.6 is 0 Å². The number of methoxy groups -OCH3 is 1. The van der Waals surface area contributed by atoms with Crippen molar-refractivity contribution in [3.8, 4) is 17.6 Å². The molecule has 0 saturated carbocycles. The van der Waals surface area contributed by atoms with E-state index in [-0.39, 0.29) is 0 Å². The van der Waals surface area contributed by atoms with Crippen LogP contribution in [0.2, 0.25) is 0 Å². The molecule has 0 bridgehead atoms. The normalized spacial score (nSPS) is 9.85. The predicted octanol–water partition coefficient (Wildman–Crippen LogP) is 2.00. The van der Waals surface area contributed by atoms with Crippen LogP contribution in [-0.4, -0.2) is 12.1 Å². The molecule has 5 heteroatoms. The molecule has 0 aliphatic carbocycles. The summed E-state index contributed by atoms with van der Waals surface area (Å²) < 4.78 is 10.8. The summed E-state index contributed by atoms with van der Waals surface area (Å²) >= 11 is 0. The number of rotatable bonds is 5. The van der Waals surface area contributed by atoms with Gasteiger partial charge in [-0.15, -0.1) is 0 Å². The van der Waals surface area contributed by atoms with Crippen LogP contribution in [0.25, 0.3) is 0 Å². The van der Waals surface area contributed by atoms with Gasteiger partial charge in [-0.05, 0) is 29.8 Å². The average Bonchev–Trinajstić information content (AvgIpc) is 2.53. The molecule has 0 aliphatic heterocycles. The summed E-state index contributed by atoms with van der Waals surface area (Å²) in [5, 5.41) is 8.92. The second-order valence-electron chi connectivity index (χ2n) is 4.12. The summed E-state index contributed by atoms with van der Waals surface area (Å²) in [6.07, 6.45) is 1.64. The van der Waals surface area contributed by atoms with Gasteiger partial charge in [0.25, 0.3) is 0 Å². The van der Waals surface area contributed by atoms with Gasteiger partial charge >= 0.3 is 0 Å². The Morgan fingerprint density at radius 1 is 1.30 bits per heavy atom. The zero-order chi connectivity index (χ0) is 14.4. The highest BCUT2D eigenvalue weighted by molar-refractivity contribution is 5.45. The van der Waals surface area contributed by atoms with E-state index in [4.69, 9.17) is 20.5 Å². The molecule has 0 unspecified atom stereocenters. The molecule has 0 spiro atoms. The molecule has 5 nitrogen and oxygen atoms in total. The van der Waals surface area contributed by atoms with Crippen LogP contribution in [0.1, 0.15) is 16.8 Å². The maximum atomic E-state index is 8.92. The maximum absolute atomic E-state index is 8.92. The standard InChI is InChI=1S/C15H15N3O2/c1-19-15-6-11(2-3-12(15)7-16)10-20-14-5-4-13(8-17)18-9-14/h2-6,9H,8,10,17H2,1H3. The van der Waals surface area contributed by atoms with E-state index in [1.54, 1.807) is 18.3 Å². The Morgan fingerprint density at radius 2 is 2.15 bits per heavy atom. The van der Waals surface area contributed by atoms with Crippen LogP contribution in [-0.2, 0) is 13.2 Å². The van der Waals surface area contributed by atoms with E-state index in [9.17, 15) is 0 Å². The summed E-state index contributed by atoms with van der Waals surface area (Å²) in [6.45, 7) is 0.790. The van der Waals surface area contributed by atoms with Crippen molar-refractivity contribution in [2.24, 2.45) is 5.73 Å². The first kappa shape index (κ1) is 13.8. The van der Waals surface area contributed by atoms with Crippen molar-refractivity contribution in [1.82, 2.24) is 4.98 Å². The molecule has 2 rings (SSSR count). The van der Waals surface area contributed by atoms with E-state index in [0.717, 1.165) is 11.3 Å². The topological polar surface area (TPSA) is 81.2 Å². The van der Waals surface area contributed by atoms with Crippen LogP contribution < -0.4 is 15.2 Å². The number of aromatic nitrogens is 1. The number of nitrogens with zero attached hydrogens (tertiary/aromatic N) is 2. The molecule has 0 amide bonds. The quantitative estimate of drug-likeness (QED) is 0.897. The lowest BCUT2D eigenvalue weighted by atomic mass is 10.1. The summed E-state index contributed by atoms with van der Waals surface area (Å²) in [4.78, 5) is 4.15. The fraction of sp³-hybridized carbons (Fsp3) is 0.200. The first-order chi connectivity index (χ1) is 9.76. The largest absolute Gasteiger partial charge is 0.495 e. The SMILES string of the molecule is COc1cc(COc2ccc(CN)nc2)ccc1C#N. The zero-order valence-corrected chi connectivity index (χ0v) is 11.2. The van der Waals surface area contributed by atoms with E-state index < -0.39 is 0 Å². The van der Waals surface area contributed by atoms with Gasteiger partial charge in [-0.3, -0.25) is 4.98 Å². The van der Waals surface area contributed by atoms with E-state index >= 15 is 0 Å². The fourth-order valence-electron chi connectivity index (χ4n) is 1.70. The summed E-state index contributed by atoms with van der Waals surface area (Å²) in [7, 11) is 1.54. The number of hydrogen-bond acceptors (Lipinski definition) is 5. The second kappa shape index (κ2) is 6.55. The van der Waals surface area contributed by atoms with Crippen LogP contribution in [0.3, 0.4) is 0 Å². The molecule has 0 aliphatic rings. The van der Waals surface area contributed by atoms with Crippen LogP contribution in [0.5, 0.6) is 11.5 Å². The van der Waals surface area contributed by atoms with Crippen LogP contribution in [0, 0.1) is 11.3 Å². The third kappa shape index (κ3) is 3.25. The van der Waals surface area contributed by atoms with Gasteiger partial charge < -0.3 is 15.2 Å².